The second kappa shape index (κ2) is 6.35. The van der Waals surface area contributed by atoms with Gasteiger partial charge in [-0.05, 0) is 24.0 Å². The van der Waals surface area contributed by atoms with Gasteiger partial charge in [0.15, 0.2) is 0 Å². The molecule has 1 amide bonds. The lowest BCUT2D eigenvalue weighted by atomic mass is 9.93. The first-order valence-corrected chi connectivity index (χ1v) is 6.74. The van der Waals surface area contributed by atoms with E-state index in [-0.39, 0.29) is 18.0 Å². The standard InChI is InChI=1S/C15H19N3O/c1-2-12(7-9-16)18-15(19)14-13-6-4-3-5-11(13)8-10-17-14/h3-6,12,14,17H,2,7-8,10H2,1H3,(H,18,19). The van der Waals surface area contributed by atoms with Crippen molar-refractivity contribution in [3.8, 4) is 6.07 Å². The number of carbonyl (C=O) groups is 1. The van der Waals surface area contributed by atoms with Crippen LogP contribution in [0.2, 0.25) is 0 Å². The second-order valence-electron chi connectivity index (χ2n) is 4.81. The first kappa shape index (κ1) is 13.6. The van der Waals surface area contributed by atoms with Crippen LogP contribution in [0.3, 0.4) is 0 Å². The zero-order chi connectivity index (χ0) is 13.7. The van der Waals surface area contributed by atoms with Crippen LogP contribution in [0.1, 0.15) is 36.9 Å². The van der Waals surface area contributed by atoms with E-state index in [0.29, 0.717) is 6.42 Å². The quantitative estimate of drug-likeness (QED) is 0.862. The minimum absolute atomic E-state index is 0.0331. The Morgan fingerprint density at radius 3 is 3.11 bits per heavy atom. The van der Waals surface area contributed by atoms with Crippen molar-refractivity contribution in [2.45, 2.75) is 38.3 Å². The summed E-state index contributed by atoms with van der Waals surface area (Å²) in [5.74, 6) is -0.0331. The second-order valence-corrected chi connectivity index (χ2v) is 4.81. The minimum Gasteiger partial charge on any atom is -0.351 e. The van der Waals surface area contributed by atoms with Crippen LogP contribution >= 0.6 is 0 Å². The molecule has 0 saturated heterocycles. The van der Waals surface area contributed by atoms with E-state index in [1.54, 1.807) is 0 Å². The summed E-state index contributed by atoms with van der Waals surface area (Å²) < 4.78 is 0. The van der Waals surface area contributed by atoms with Gasteiger partial charge in [-0.2, -0.15) is 5.26 Å². The molecule has 0 aliphatic carbocycles. The molecule has 1 aliphatic heterocycles. The van der Waals surface area contributed by atoms with E-state index in [9.17, 15) is 4.79 Å². The predicted molar refractivity (Wildman–Crippen MR) is 73.3 cm³/mol. The third-order valence-electron chi connectivity index (χ3n) is 3.55. The number of amides is 1. The Morgan fingerprint density at radius 2 is 2.37 bits per heavy atom. The van der Waals surface area contributed by atoms with Crippen molar-refractivity contribution in [1.29, 1.82) is 5.26 Å². The number of fused-ring (bicyclic) bond motifs is 1. The Kier molecular flexibility index (Phi) is 4.53. The lowest BCUT2D eigenvalue weighted by Crippen LogP contribution is -2.44. The number of hydrogen-bond donors (Lipinski definition) is 2. The van der Waals surface area contributed by atoms with E-state index >= 15 is 0 Å². The molecular weight excluding hydrogens is 238 g/mol. The number of nitrogens with zero attached hydrogens (tertiary/aromatic N) is 1. The van der Waals surface area contributed by atoms with Gasteiger partial charge in [0.1, 0.15) is 6.04 Å². The summed E-state index contributed by atoms with van der Waals surface area (Å²) in [6, 6.07) is 9.79. The highest BCUT2D eigenvalue weighted by atomic mass is 16.2. The maximum absolute atomic E-state index is 12.3. The molecule has 100 valence electrons. The molecule has 1 aromatic carbocycles. The first-order valence-electron chi connectivity index (χ1n) is 6.74. The number of benzene rings is 1. The molecule has 2 N–H and O–H groups in total. The summed E-state index contributed by atoms with van der Waals surface area (Å²) in [6.07, 6.45) is 2.08. The van der Waals surface area contributed by atoms with Crippen molar-refractivity contribution < 1.29 is 4.79 Å². The van der Waals surface area contributed by atoms with E-state index < -0.39 is 0 Å². The molecule has 0 aromatic heterocycles. The molecule has 2 unspecified atom stereocenters. The summed E-state index contributed by atoms with van der Waals surface area (Å²) in [5.41, 5.74) is 2.28. The van der Waals surface area contributed by atoms with Gasteiger partial charge in [-0.1, -0.05) is 31.2 Å². The smallest absolute Gasteiger partial charge is 0.241 e. The fourth-order valence-electron chi connectivity index (χ4n) is 2.43. The summed E-state index contributed by atoms with van der Waals surface area (Å²) in [7, 11) is 0. The van der Waals surface area contributed by atoms with Crippen LogP contribution in [0, 0.1) is 11.3 Å². The molecule has 2 atom stereocenters. The Morgan fingerprint density at radius 1 is 1.58 bits per heavy atom. The average Bonchev–Trinajstić information content (AvgIpc) is 2.46. The van der Waals surface area contributed by atoms with Crippen molar-refractivity contribution in [1.82, 2.24) is 10.6 Å². The number of hydrogen-bond acceptors (Lipinski definition) is 3. The van der Waals surface area contributed by atoms with E-state index in [2.05, 4.69) is 22.8 Å². The Hall–Kier alpha value is -1.86. The molecule has 0 bridgehead atoms. The van der Waals surface area contributed by atoms with Crippen molar-refractivity contribution in [2.24, 2.45) is 0 Å². The molecule has 1 aliphatic rings. The largest absolute Gasteiger partial charge is 0.351 e. The van der Waals surface area contributed by atoms with E-state index in [1.165, 1.54) is 5.56 Å². The third-order valence-corrected chi connectivity index (χ3v) is 3.55. The van der Waals surface area contributed by atoms with Gasteiger partial charge < -0.3 is 10.6 Å². The van der Waals surface area contributed by atoms with Crippen LogP contribution in [0.5, 0.6) is 0 Å². The number of nitriles is 1. The fourth-order valence-corrected chi connectivity index (χ4v) is 2.43. The molecule has 2 rings (SSSR count). The molecule has 0 saturated carbocycles. The first-order chi connectivity index (χ1) is 9.26. The molecule has 0 fully saturated rings. The number of rotatable bonds is 4. The minimum atomic E-state index is -0.294. The lowest BCUT2D eigenvalue weighted by molar-refractivity contribution is -0.124. The van der Waals surface area contributed by atoms with Crippen LogP contribution in [0.15, 0.2) is 24.3 Å². The molecule has 19 heavy (non-hydrogen) atoms. The molecular formula is C15H19N3O. The highest BCUT2D eigenvalue weighted by Crippen LogP contribution is 2.22. The van der Waals surface area contributed by atoms with Crippen molar-refractivity contribution >= 4 is 5.91 Å². The topological polar surface area (TPSA) is 64.9 Å². The van der Waals surface area contributed by atoms with Gasteiger partial charge in [-0.15, -0.1) is 0 Å². The maximum atomic E-state index is 12.3. The maximum Gasteiger partial charge on any atom is 0.241 e. The van der Waals surface area contributed by atoms with Gasteiger partial charge in [0.25, 0.3) is 0 Å². The van der Waals surface area contributed by atoms with Crippen LogP contribution in [-0.4, -0.2) is 18.5 Å². The number of nitrogens with one attached hydrogen (secondary N) is 2. The molecule has 1 aromatic rings. The summed E-state index contributed by atoms with van der Waals surface area (Å²) in [4.78, 5) is 12.3. The van der Waals surface area contributed by atoms with Gasteiger partial charge in [0.05, 0.1) is 12.5 Å². The summed E-state index contributed by atoms with van der Waals surface area (Å²) in [6.45, 7) is 2.79. The molecule has 0 radical (unpaired) electrons. The zero-order valence-corrected chi connectivity index (χ0v) is 11.1. The van der Waals surface area contributed by atoms with Crippen LogP contribution in [0.25, 0.3) is 0 Å². The lowest BCUT2D eigenvalue weighted by Gasteiger charge is -2.27. The van der Waals surface area contributed by atoms with Gasteiger partial charge in [-0.3, -0.25) is 4.79 Å². The van der Waals surface area contributed by atoms with Crippen molar-refractivity contribution in [3.63, 3.8) is 0 Å². The highest BCUT2D eigenvalue weighted by molar-refractivity contribution is 5.84. The van der Waals surface area contributed by atoms with Crippen LogP contribution in [-0.2, 0) is 11.2 Å². The average molecular weight is 257 g/mol. The highest BCUT2D eigenvalue weighted by Gasteiger charge is 2.26. The van der Waals surface area contributed by atoms with E-state index in [4.69, 9.17) is 5.26 Å². The van der Waals surface area contributed by atoms with E-state index in [1.807, 2.05) is 25.1 Å². The Balaban J connectivity index is 2.11. The fraction of sp³-hybridized carbons (Fsp3) is 0.467. The SMILES string of the molecule is CCC(CC#N)NC(=O)C1NCCc2ccccc21. The molecule has 0 spiro atoms. The Labute approximate surface area is 113 Å². The van der Waals surface area contributed by atoms with Gasteiger partial charge in [-0.25, -0.2) is 0 Å². The monoisotopic (exact) mass is 257 g/mol. The van der Waals surface area contributed by atoms with Crippen LogP contribution in [0.4, 0.5) is 0 Å². The van der Waals surface area contributed by atoms with Gasteiger partial charge in [0.2, 0.25) is 5.91 Å². The summed E-state index contributed by atoms with van der Waals surface area (Å²) in [5, 5.41) is 14.9. The molecule has 4 nitrogen and oxygen atoms in total. The molecule has 1 heterocycles. The Bertz CT molecular complexity index is 492. The molecule has 4 heteroatoms. The van der Waals surface area contributed by atoms with E-state index in [0.717, 1.165) is 24.9 Å². The normalized spacial score (nSPS) is 19.1. The summed E-state index contributed by atoms with van der Waals surface area (Å²) >= 11 is 0. The van der Waals surface area contributed by atoms with Crippen molar-refractivity contribution in [3.05, 3.63) is 35.4 Å². The third kappa shape index (κ3) is 3.12. The van der Waals surface area contributed by atoms with Crippen molar-refractivity contribution in [2.75, 3.05) is 6.54 Å². The van der Waals surface area contributed by atoms with Crippen LogP contribution < -0.4 is 10.6 Å². The van der Waals surface area contributed by atoms with Gasteiger partial charge >= 0.3 is 0 Å². The van der Waals surface area contributed by atoms with Gasteiger partial charge in [0, 0.05) is 12.6 Å². The predicted octanol–water partition coefficient (Wildman–Crippen LogP) is 1.68. The number of carbonyl (C=O) groups excluding carboxylic acids is 1. The zero-order valence-electron chi connectivity index (χ0n) is 11.1.